The highest BCUT2D eigenvalue weighted by Crippen LogP contribution is 2.26. The molecule has 0 spiro atoms. The minimum Gasteiger partial charge on any atom is -0.436 e. The summed E-state index contributed by atoms with van der Waals surface area (Å²) < 4.78 is 5.86. The number of hydrogen-bond acceptors (Lipinski definition) is 3. The van der Waals surface area contributed by atoms with Crippen LogP contribution in [0.3, 0.4) is 0 Å². The van der Waals surface area contributed by atoms with Crippen LogP contribution < -0.4 is 5.32 Å². The van der Waals surface area contributed by atoms with Crippen molar-refractivity contribution >= 4 is 16.8 Å². The van der Waals surface area contributed by atoms with Crippen molar-refractivity contribution in [2.45, 2.75) is 19.9 Å². The summed E-state index contributed by atoms with van der Waals surface area (Å²) in [7, 11) is 0. The zero-order chi connectivity index (χ0) is 17.1. The van der Waals surface area contributed by atoms with Crippen LogP contribution in [0.2, 0.25) is 0 Å². The summed E-state index contributed by atoms with van der Waals surface area (Å²) in [6.07, 6.45) is 1.07. The van der Waals surface area contributed by atoms with Crippen molar-refractivity contribution in [2.24, 2.45) is 0 Å². The van der Waals surface area contributed by atoms with Crippen molar-refractivity contribution < 1.29 is 4.42 Å². The highest BCUT2D eigenvalue weighted by Gasteiger charge is 2.08. The van der Waals surface area contributed by atoms with Crippen LogP contribution in [-0.2, 0) is 13.0 Å². The van der Waals surface area contributed by atoms with E-state index in [4.69, 9.17) is 4.42 Å². The van der Waals surface area contributed by atoms with E-state index >= 15 is 0 Å². The summed E-state index contributed by atoms with van der Waals surface area (Å²) >= 11 is 0. The Morgan fingerprint density at radius 2 is 1.68 bits per heavy atom. The Balaban J connectivity index is 1.52. The summed E-state index contributed by atoms with van der Waals surface area (Å²) in [4.78, 5) is 4.57. The number of rotatable bonds is 5. The van der Waals surface area contributed by atoms with Crippen LogP contribution >= 0.6 is 0 Å². The van der Waals surface area contributed by atoms with Gasteiger partial charge in [-0.05, 0) is 47.9 Å². The summed E-state index contributed by atoms with van der Waals surface area (Å²) in [5, 5.41) is 3.47. The SMILES string of the molecule is CCc1ccc(CNc2cccc(-c3nc4ccccc4o3)c2)cc1. The first-order chi connectivity index (χ1) is 12.3. The van der Waals surface area contributed by atoms with E-state index in [-0.39, 0.29) is 0 Å². The van der Waals surface area contributed by atoms with Gasteiger partial charge in [0.15, 0.2) is 5.58 Å². The highest BCUT2D eigenvalue weighted by atomic mass is 16.3. The van der Waals surface area contributed by atoms with Gasteiger partial charge in [0.05, 0.1) is 0 Å². The highest BCUT2D eigenvalue weighted by molar-refractivity contribution is 5.76. The van der Waals surface area contributed by atoms with Crippen molar-refractivity contribution in [2.75, 3.05) is 5.32 Å². The van der Waals surface area contributed by atoms with Crippen LogP contribution in [0.4, 0.5) is 5.69 Å². The maximum atomic E-state index is 5.86. The van der Waals surface area contributed by atoms with Crippen molar-refractivity contribution in [3.8, 4) is 11.5 Å². The first-order valence-corrected chi connectivity index (χ1v) is 8.59. The molecule has 0 aliphatic carbocycles. The summed E-state index contributed by atoms with van der Waals surface area (Å²) in [5.74, 6) is 0.650. The molecule has 4 rings (SSSR count). The van der Waals surface area contributed by atoms with E-state index in [9.17, 15) is 0 Å². The van der Waals surface area contributed by atoms with Crippen molar-refractivity contribution in [3.05, 3.63) is 83.9 Å². The van der Waals surface area contributed by atoms with Gasteiger partial charge in [0.1, 0.15) is 5.52 Å². The summed E-state index contributed by atoms with van der Waals surface area (Å²) in [6.45, 7) is 2.96. The molecule has 0 bridgehead atoms. The molecule has 0 aliphatic heterocycles. The number of aryl methyl sites for hydroxylation is 1. The lowest BCUT2D eigenvalue weighted by atomic mass is 10.1. The molecule has 0 unspecified atom stereocenters. The van der Waals surface area contributed by atoms with Crippen molar-refractivity contribution in [1.82, 2.24) is 4.98 Å². The quantitative estimate of drug-likeness (QED) is 0.513. The smallest absolute Gasteiger partial charge is 0.227 e. The lowest BCUT2D eigenvalue weighted by molar-refractivity contribution is 0.620. The first kappa shape index (κ1) is 15.5. The van der Waals surface area contributed by atoms with Gasteiger partial charge < -0.3 is 9.73 Å². The molecule has 0 aliphatic rings. The Hall–Kier alpha value is -3.07. The van der Waals surface area contributed by atoms with E-state index in [1.54, 1.807) is 0 Å². The van der Waals surface area contributed by atoms with E-state index in [0.29, 0.717) is 5.89 Å². The van der Waals surface area contributed by atoms with Crippen LogP contribution in [0.5, 0.6) is 0 Å². The van der Waals surface area contributed by atoms with Gasteiger partial charge in [0.25, 0.3) is 0 Å². The molecule has 124 valence electrons. The lowest BCUT2D eigenvalue weighted by Crippen LogP contribution is -1.99. The number of para-hydroxylation sites is 2. The average Bonchev–Trinajstić information content (AvgIpc) is 3.11. The molecule has 3 heteroatoms. The minimum atomic E-state index is 0.650. The second kappa shape index (κ2) is 6.81. The molecule has 0 atom stereocenters. The maximum absolute atomic E-state index is 5.86. The third kappa shape index (κ3) is 3.41. The normalized spacial score (nSPS) is 10.9. The Bertz CT molecular complexity index is 953. The second-order valence-corrected chi connectivity index (χ2v) is 6.09. The predicted octanol–water partition coefficient (Wildman–Crippen LogP) is 5.67. The zero-order valence-electron chi connectivity index (χ0n) is 14.2. The number of anilines is 1. The number of nitrogens with zero attached hydrogens (tertiary/aromatic N) is 1. The van der Waals surface area contributed by atoms with Gasteiger partial charge >= 0.3 is 0 Å². The number of oxazole rings is 1. The molecule has 1 heterocycles. The fourth-order valence-corrected chi connectivity index (χ4v) is 2.85. The molecular weight excluding hydrogens is 308 g/mol. The third-order valence-electron chi connectivity index (χ3n) is 4.33. The summed E-state index contributed by atoms with van der Waals surface area (Å²) in [6, 6.07) is 24.7. The van der Waals surface area contributed by atoms with Crippen molar-refractivity contribution in [1.29, 1.82) is 0 Å². The van der Waals surface area contributed by atoms with Gasteiger partial charge in [-0.1, -0.05) is 49.4 Å². The fourth-order valence-electron chi connectivity index (χ4n) is 2.85. The molecule has 0 radical (unpaired) electrons. The largest absolute Gasteiger partial charge is 0.436 e. The number of nitrogens with one attached hydrogen (secondary N) is 1. The van der Waals surface area contributed by atoms with Gasteiger partial charge in [-0.2, -0.15) is 0 Å². The molecule has 0 saturated carbocycles. The molecule has 3 nitrogen and oxygen atoms in total. The van der Waals surface area contributed by atoms with Crippen LogP contribution in [0, 0.1) is 0 Å². The Morgan fingerprint density at radius 3 is 2.48 bits per heavy atom. The van der Waals surface area contributed by atoms with E-state index in [1.165, 1.54) is 11.1 Å². The maximum Gasteiger partial charge on any atom is 0.227 e. The zero-order valence-corrected chi connectivity index (χ0v) is 14.2. The molecule has 1 aromatic heterocycles. The standard InChI is InChI=1S/C22H20N2O/c1-2-16-10-12-17(13-11-16)15-23-19-7-5-6-18(14-19)22-24-20-8-3-4-9-21(20)25-22/h3-14,23H,2,15H2,1H3. The predicted molar refractivity (Wildman–Crippen MR) is 103 cm³/mol. The van der Waals surface area contributed by atoms with Crippen LogP contribution in [0.1, 0.15) is 18.1 Å². The van der Waals surface area contributed by atoms with Gasteiger partial charge in [-0.3, -0.25) is 0 Å². The Morgan fingerprint density at radius 1 is 0.880 bits per heavy atom. The molecule has 4 aromatic rings. The Labute approximate surface area is 147 Å². The number of aromatic nitrogens is 1. The van der Waals surface area contributed by atoms with Crippen LogP contribution in [0.25, 0.3) is 22.6 Å². The average molecular weight is 328 g/mol. The molecule has 0 amide bonds. The monoisotopic (exact) mass is 328 g/mol. The first-order valence-electron chi connectivity index (χ1n) is 8.59. The lowest BCUT2D eigenvalue weighted by Gasteiger charge is -2.08. The van der Waals surface area contributed by atoms with E-state index in [0.717, 1.165) is 35.3 Å². The molecule has 1 N–H and O–H groups in total. The Kier molecular flexibility index (Phi) is 4.21. The van der Waals surface area contributed by atoms with Gasteiger partial charge in [0, 0.05) is 17.8 Å². The molecular formula is C22H20N2O. The van der Waals surface area contributed by atoms with Crippen LogP contribution in [0.15, 0.2) is 77.2 Å². The van der Waals surface area contributed by atoms with E-state index < -0.39 is 0 Å². The van der Waals surface area contributed by atoms with Crippen LogP contribution in [-0.4, -0.2) is 4.98 Å². The molecule has 3 aromatic carbocycles. The molecule has 0 fully saturated rings. The number of hydrogen-bond donors (Lipinski definition) is 1. The third-order valence-corrected chi connectivity index (χ3v) is 4.33. The summed E-state index contributed by atoms with van der Waals surface area (Å²) in [5.41, 5.74) is 6.35. The van der Waals surface area contributed by atoms with Gasteiger partial charge in [-0.25, -0.2) is 4.98 Å². The number of benzene rings is 3. The van der Waals surface area contributed by atoms with Gasteiger partial charge in [0.2, 0.25) is 5.89 Å². The topological polar surface area (TPSA) is 38.1 Å². The molecule has 0 saturated heterocycles. The van der Waals surface area contributed by atoms with Crippen molar-refractivity contribution in [3.63, 3.8) is 0 Å². The van der Waals surface area contributed by atoms with E-state index in [2.05, 4.69) is 53.6 Å². The fraction of sp³-hybridized carbons (Fsp3) is 0.136. The van der Waals surface area contributed by atoms with Gasteiger partial charge in [-0.15, -0.1) is 0 Å². The number of fused-ring (bicyclic) bond motifs is 1. The van der Waals surface area contributed by atoms with E-state index in [1.807, 2.05) is 36.4 Å². The second-order valence-electron chi connectivity index (χ2n) is 6.09. The minimum absolute atomic E-state index is 0.650. The molecule has 25 heavy (non-hydrogen) atoms.